The maximum Gasteiger partial charge on any atom is 0.131 e. The molecule has 1 heterocycles. The van der Waals surface area contributed by atoms with Crippen molar-refractivity contribution in [2.75, 3.05) is 0 Å². The number of phenolic OH excluding ortho intramolecular Hbond substituents is 1. The lowest BCUT2D eigenvalue weighted by atomic mass is 9.87. The maximum absolute atomic E-state index is 10.1. The highest BCUT2D eigenvalue weighted by atomic mass is 16.3. The summed E-state index contributed by atoms with van der Waals surface area (Å²) in [5, 5.41) is 10.1. The van der Waals surface area contributed by atoms with Crippen molar-refractivity contribution < 1.29 is 5.11 Å². The summed E-state index contributed by atoms with van der Waals surface area (Å²) >= 11 is 0. The Hall–Kier alpha value is -3.33. The number of H-pyrrole nitrogens is 1. The van der Waals surface area contributed by atoms with Crippen molar-refractivity contribution in [2.24, 2.45) is 0 Å². The highest BCUT2D eigenvalue weighted by Gasteiger charge is 2.12. The molecule has 1 aromatic heterocycles. The number of aromatic amines is 1. The van der Waals surface area contributed by atoms with Gasteiger partial charge in [0.05, 0.1) is 11.0 Å². The van der Waals surface area contributed by atoms with Gasteiger partial charge < -0.3 is 10.1 Å². The molecule has 4 aromatic rings. The molecule has 0 atom stereocenters. The number of phenols is 1. The zero-order valence-corrected chi connectivity index (χ0v) is 16.4. The van der Waals surface area contributed by atoms with Crippen LogP contribution in [0.5, 0.6) is 5.75 Å². The molecule has 0 bridgehead atoms. The van der Waals surface area contributed by atoms with Crippen molar-refractivity contribution in [3.8, 4) is 16.9 Å². The first-order chi connectivity index (χ1) is 13.4. The van der Waals surface area contributed by atoms with Crippen LogP contribution in [0, 0.1) is 0 Å². The molecule has 3 heteroatoms. The van der Waals surface area contributed by atoms with Crippen LogP contribution in [0.1, 0.15) is 37.7 Å². The Morgan fingerprint density at radius 2 is 1.64 bits per heavy atom. The van der Waals surface area contributed by atoms with Crippen molar-refractivity contribution in [2.45, 2.75) is 26.2 Å². The van der Waals surface area contributed by atoms with E-state index >= 15 is 0 Å². The standard InChI is InChI=1S/C25H24N2O/c1-25(2,3)19-12-8-17(9-13-19)10-15-24-26-21-14-11-18(16-22(21)27-24)20-6-4-5-7-23(20)28/h4-16,28H,1-3H3,(H,26,27)/b15-10+. The normalized spacial score (nSPS) is 12.1. The Morgan fingerprint density at radius 1 is 0.893 bits per heavy atom. The van der Waals surface area contributed by atoms with Gasteiger partial charge in [-0.2, -0.15) is 0 Å². The lowest BCUT2D eigenvalue weighted by Crippen LogP contribution is -2.10. The van der Waals surface area contributed by atoms with Crippen molar-refractivity contribution in [3.63, 3.8) is 0 Å². The van der Waals surface area contributed by atoms with E-state index in [1.54, 1.807) is 6.07 Å². The maximum atomic E-state index is 10.1. The summed E-state index contributed by atoms with van der Waals surface area (Å²) in [6, 6.07) is 22.0. The third-order valence-corrected chi connectivity index (χ3v) is 4.93. The van der Waals surface area contributed by atoms with Crippen molar-refractivity contribution >= 4 is 23.2 Å². The Labute approximate surface area is 165 Å². The van der Waals surface area contributed by atoms with Gasteiger partial charge in [0.15, 0.2) is 0 Å². The number of aromatic nitrogens is 2. The number of para-hydroxylation sites is 1. The molecule has 4 rings (SSSR count). The minimum absolute atomic E-state index is 0.159. The van der Waals surface area contributed by atoms with E-state index in [0.29, 0.717) is 0 Å². The SMILES string of the molecule is CC(C)(C)c1ccc(/C=C/c2nc3ccc(-c4ccccc4O)cc3[nH]2)cc1. The molecular weight excluding hydrogens is 344 g/mol. The second kappa shape index (κ2) is 7.01. The van der Waals surface area contributed by atoms with Gasteiger partial charge in [-0.1, -0.05) is 75.4 Å². The van der Waals surface area contributed by atoms with Gasteiger partial charge in [-0.05, 0) is 46.4 Å². The number of aromatic hydroxyl groups is 1. The number of imidazole rings is 1. The van der Waals surface area contributed by atoms with Crippen LogP contribution in [0.25, 0.3) is 34.3 Å². The third kappa shape index (κ3) is 3.70. The molecule has 0 fully saturated rings. The molecule has 28 heavy (non-hydrogen) atoms. The van der Waals surface area contributed by atoms with Crippen LogP contribution in [0.2, 0.25) is 0 Å². The van der Waals surface area contributed by atoms with Gasteiger partial charge in [0, 0.05) is 5.56 Å². The Balaban J connectivity index is 1.60. The Morgan fingerprint density at radius 3 is 2.36 bits per heavy atom. The van der Waals surface area contributed by atoms with E-state index in [1.165, 1.54) is 5.56 Å². The van der Waals surface area contributed by atoms with Gasteiger partial charge in [-0.15, -0.1) is 0 Å². The molecule has 3 aromatic carbocycles. The van der Waals surface area contributed by atoms with Gasteiger partial charge in [-0.3, -0.25) is 0 Å². The predicted molar refractivity (Wildman–Crippen MR) is 117 cm³/mol. The lowest BCUT2D eigenvalue weighted by Gasteiger charge is -2.18. The summed E-state index contributed by atoms with van der Waals surface area (Å²) in [7, 11) is 0. The quantitative estimate of drug-likeness (QED) is 0.439. The average Bonchev–Trinajstić information content (AvgIpc) is 3.08. The molecule has 3 nitrogen and oxygen atoms in total. The lowest BCUT2D eigenvalue weighted by molar-refractivity contribution is 0.477. The highest BCUT2D eigenvalue weighted by Crippen LogP contribution is 2.30. The summed E-state index contributed by atoms with van der Waals surface area (Å²) in [5.41, 5.74) is 6.25. The molecule has 140 valence electrons. The first-order valence-corrected chi connectivity index (χ1v) is 9.47. The second-order valence-electron chi connectivity index (χ2n) is 8.08. The zero-order chi connectivity index (χ0) is 19.7. The number of benzene rings is 3. The van der Waals surface area contributed by atoms with E-state index < -0.39 is 0 Å². The van der Waals surface area contributed by atoms with E-state index in [1.807, 2.05) is 42.5 Å². The van der Waals surface area contributed by atoms with Crippen LogP contribution in [-0.2, 0) is 5.41 Å². The second-order valence-corrected chi connectivity index (χ2v) is 8.08. The summed E-state index contributed by atoms with van der Waals surface area (Å²) in [4.78, 5) is 7.99. The first-order valence-electron chi connectivity index (χ1n) is 9.47. The fourth-order valence-electron chi connectivity index (χ4n) is 3.26. The molecule has 0 aliphatic carbocycles. The van der Waals surface area contributed by atoms with Crippen molar-refractivity contribution in [1.82, 2.24) is 9.97 Å². The van der Waals surface area contributed by atoms with Gasteiger partial charge in [0.2, 0.25) is 0 Å². The third-order valence-electron chi connectivity index (χ3n) is 4.93. The summed E-state index contributed by atoms with van der Waals surface area (Å²) < 4.78 is 0. The first kappa shape index (κ1) is 18.1. The largest absolute Gasteiger partial charge is 0.507 e. The molecule has 0 unspecified atom stereocenters. The van der Waals surface area contributed by atoms with Crippen molar-refractivity contribution in [3.05, 3.63) is 83.7 Å². The molecule has 0 amide bonds. The van der Waals surface area contributed by atoms with Gasteiger partial charge in [0.25, 0.3) is 0 Å². The van der Waals surface area contributed by atoms with Crippen LogP contribution in [0.4, 0.5) is 0 Å². The number of fused-ring (bicyclic) bond motifs is 1. The molecule has 0 aliphatic rings. The predicted octanol–water partition coefficient (Wildman–Crippen LogP) is 6.40. The minimum atomic E-state index is 0.159. The topological polar surface area (TPSA) is 48.9 Å². The number of hydrogen-bond acceptors (Lipinski definition) is 2. The number of hydrogen-bond donors (Lipinski definition) is 2. The van der Waals surface area contributed by atoms with Gasteiger partial charge >= 0.3 is 0 Å². The number of rotatable bonds is 3. The summed E-state index contributed by atoms with van der Waals surface area (Å²) in [6.07, 6.45) is 4.06. The average molecular weight is 368 g/mol. The number of nitrogens with one attached hydrogen (secondary N) is 1. The molecule has 2 N–H and O–H groups in total. The van der Waals surface area contributed by atoms with E-state index in [0.717, 1.165) is 33.5 Å². The smallest absolute Gasteiger partial charge is 0.131 e. The van der Waals surface area contributed by atoms with E-state index in [9.17, 15) is 5.11 Å². The van der Waals surface area contributed by atoms with Gasteiger partial charge in [-0.25, -0.2) is 4.98 Å². The van der Waals surface area contributed by atoms with Crippen molar-refractivity contribution in [1.29, 1.82) is 0 Å². The molecule has 0 saturated carbocycles. The highest BCUT2D eigenvalue weighted by molar-refractivity contribution is 5.85. The fourth-order valence-corrected chi connectivity index (χ4v) is 3.26. The van der Waals surface area contributed by atoms with Crippen LogP contribution < -0.4 is 0 Å². The summed E-state index contributed by atoms with van der Waals surface area (Å²) in [5.74, 6) is 1.09. The Bertz CT molecular complexity index is 1150. The zero-order valence-electron chi connectivity index (χ0n) is 16.4. The molecule has 0 radical (unpaired) electrons. The minimum Gasteiger partial charge on any atom is -0.507 e. The molecular formula is C25H24N2O. The Kier molecular flexibility index (Phi) is 4.52. The van der Waals surface area contributed by atoms with Crippen LogP contribution in [0.15, 0.2) is 66.7 Å². The molecule has 0 saturated heterocycles. The summed E-state index contributed by atoms with van der Waals surface area (Å²) in [6.45, 7) is 6.65. The van der Waals surface area contributed by atoms with E-state index in [2.05, 4.69) is 61.1 Å². The van der Waals surface area contributed by atoms with Crippen LogP contribution >= 0.6 is 0 Å². The fraction of sp³-hybridized carbons (Fsp3) is 0.160. The monoisotopic (exact) mass is 368 g/mol. The molecule has 0 spiro atoms. The van der Waals surface area contributed by atoms with E-state index in [-0.39, 0.29) is 11.2 Å². The molecule has 0 aliphatic heterocycles. The number of nitrogens with zero attached hydrogens (tertiary/aromatic N) is 1. The van der Waals surface area contributed by atoms with Crippen LogP contribution in [-0.4, -0.2) is 15.1 Å². The van der Waals surface area contributed by atoms with E-state index in [4.69, 9.17) is 0 Å². The van der Waals surface area contributed by atoms with Crippen LogP contribution in [0.3, 0.4) is 0 Å². The van der Waals surface area contributed by atoms with Gasteiger partial charge in [0.1, 0.15) is 11.6 Å².